The van der Waals surface area contributed by atoms with Crippen molar-refractivity contribution < 1.29 is 9.53 Å². The molecule has 0 saturated heterocycles. The van der Waals surface area contributed by atoms with Crippen LogP contribution in [-0.2, 0) is 16.0 Å². The molecule has 23 heavy (non-hydrogen) atoms. The van der Waals surface area contributed by atoms with Crippen molar-refractivity contribution in [3.63, 3.8) is 0 Å². The highest BCUT2D eigenvalue weighted by Gasteiger charge is 2.03. The predicted molar refractivity (Wildman–Crippen MR) is 92.3 cm³/mol. The van der Waals surface area contributed by atoms with Gasteiger partial charge in [0.1, 0.15) is 0 Å². The van der Waals surface area contributed by atoms with E-state index in [0.29, 0.717) is 26.2 Å². The fraction of sp³-hybridized carbons (Fsp3) is 0.375. The number of benzene rings is 1. The van der Waals surface area contributed by atoms with Crippen molar-refractivity contribution in [2.45, 2.75) is 6.42 Å². The summed E-state index contributed by atoms with van der Waals surface area (Å²) in [5.74, 6) is -0.00782. The van der Waals surface area contributed by atoms with Crippen molar-refractivity contribution in [3.05, 3.63) is 48.3 Å². The van der Waals surface area contributed by atoms with E-state index in [1.54, 1.807) is 7.11 Å². The molecule has 2 N–H and O–H groups in total. The van der Waals surface area contributed by atoms with E-state index >= 15 is 0 Å². The van der Waals surface area contributed by atoms with Crippen LogP contribution in [0.5, 0.6) is 0 Å². The average molecular weight is 339 g/mol. The number of carbonyl (C=O) groups is 1. The number of aromatic nitrogens is 2. The van der Waals surface area contributed by atoms with Crippen molar-refractivity contribution in [3.8, 4) is 5.69 Å². The van der Waals surface area contributed by atoms with E-state index in [2.05, 4.69) is 15.7 Å². The molecular weight excluding hydrogens is 316 g/mol. The zero-order valence-corrected chi connectivity index (χ0v) is 14.0. The highest BCUT2D eigenvalue weighted by atomic mass is 35.5. The number of methoxy groups -OCH3 is 1. The van der Waals surface area contributed by atoms with Gasteiger partial charge in [0.15, 0.2) is 0 Å². The fourth-order valence-electron chi connectivity index (χ4n) is 2.00. The summed E-state index contributed by atoms with van der Waals surface area (Å²) in [6, 6.07) is 9.94. The lowest BCUT2D eigenvalue weighted by Crippen LogP contribution is -2.36. The van der Waals surface area contributed by atoms with Gasteiger partial charge in [-0.15, -0.1) is 12.4 Å². The molecule has 1 heterocycles. The van der Waals surface area contributed by atoms with Crippen LogP contribution < -0.4 is 10.6 Å². The van der Waals surface area contributed by atoms with Crippen molar-refractivity contribution >= 4 is 18.3 Å². The van der Waals surface area contributed by atoms with Gasteiger partial charge in [-0.3, -0.25) is 4.79 Å². The van der Waals surface area contributed by atoms with Gasteiger partial charge in [-0.25, -0.2) is 4.68 Å². The van der Waals surface area contributed by atoms with Crippen LogP contribution in [0.4, 0.5) is 0 Å². The topological polar surface area (TPSA) is 68.2 Å². The second-order valence-electron chi connectivity index (χ2n) is 4.90. The zero-order valence-electron chi connectivity index (χ0n) is 13.2. The van der Waals surface area contributed by atoms with Crippen molar-refractivity contribution in [1.82, 2.24) is 20.4 Å². The Bertz CT molecular complexity index is 574. The van der Waals surface area contributed by atoms with Crippen molar-refractivity contribution in [2.24, 2.45) is 0 Å². The molecule has 1 aromatic carbocycles. The summed E-state index contributed by atoms with van der Waals surface area (Å²) in [6.07, 6.45) is 4.57. The van der Waals surface area contributed by atoms with E-state index in [4.69, 9.17) is 4.74 Å². The van der Waals surface area contributed by atoms with Crippen molar-refractivity contribution in [1.29, 1.82) is 0 Å². The highest BCUT2D eigenvalue weighted by Crippen LogP contribution is 2.07. The molecule has 1 aromatic heterocycles. The summed E-state index contributed by atoms with van der Waals surface area (Å²) in [7, 11) is 1.64. The Morgan fingerprint density at radius 2 is 2.04 bits per heavy atom. The fourth-order valence-corrected chi connectivity index (χ4v) is 2.00. The first kappa shape index (κ1) is 19.2. The molecule has 126 valence electrons. The number of hydrogen-bond donors (Lipinski definition) is 2. The molecule has 0 aliphatic rings. The zero-order chi connectivity index (χ0) is 15.6. The molecular formula is C16H23ClN4O2. The number of carbonyl (C=O) groups excluding carboxylic acids is 1. The summed E-state index contributed by atoms with van der Waals surface area (Å²) < 4.78 is 6.73. The first-order chi connectivity index (χ1) is 10.8. The van der Waals surface area contributed by atoms with Gasteiger partial charge in [-0.2, -0.15) is 5.10 Å². The van der Waals surface area contributed by atoms with Gasteiger partial charge in [0.2, 0.25) is 5.91 Å². The molecule has 0 aliphatic carbocycles. The van der Waals surface area contributed by atoms with Gasteiger partial charge in [-0.1, -0.05) is 18.2 Å². The first-order valence-electron chi connectivity index (χ1n) is 7.35. The molecule has 0 bridgehead atoms. The molecule has 0 spiro atoms. The maximum atomic E-state index is 11.6. The Labute approximate surface area is 142 Å². The largest absolute Gasteiger partial charge is 0.383 e. The van der Waals surface area contributed by atoms with E-state index in [1.165, 1.54) is 0 Å². The Hall–Kier alpha value is -1.89. The average Bonchev–Trinajstić information content (AvgIpc) is 3.01. The van der Waals surface area contributed by atoms with Crippen LogP contribution in [0.3, 0.4) is 0 Å². The molecule has 0 radical (unpaired) electrons. The van der Waals surface area contributed by atoms with Gasteiger partial charge in [0, 0.05) is 26.4 Å². The summed E-state index contributed by atoms with van der Waals surface area (Å²) in [6.45, 7) is 2.19. The normalized spacial score (nSPS) is 10.1. The van der Waals surface area contributed by atoms with E-state index in [-0.39, 0.29) is 18.3 Å². The summed E-state index contributed by atoms with van der Waals surface area (Å²) in [4.78, 5) is 11.6. The molecule has 0 aliphatic heterocycles. The Kier molecular flexibility index (Phi) is 8.97. The van der Waals surface area contributed by atoms with Crippen LogP contribution >= 0.6 is 12.4 Å². The Morgan fingerprint density at radius 3 is 2.78 bits per heavy atom. The number of nitrogens with one attached hydrogen (secondary N) is 2. The van der Waals surface area contributed by atoms with Crippen LogP contribution in [0.1, 0.15) is 5.56 Å². The second kappa shape index (κ2) is 10.8. The van der Waals surface area contributed by atoms with Gasteiger partial charge in [0.25, 0.3) is 0 Å². The molecule has 0 unspecified atom stereocenters. The maximum absolute atomic E-state index is 11.6. The lowest BCUT2D eigenvalue weighted by molar-refractivity contribution is -0.120. The lowest BCUT2D eigenvalue weighted by Gasteiger charge is -2.05. The molecule has 2 rings (SSSR count). The third kappa shape index (κ3) is 6.81. The minimum atomic E-state index is -0.00782. The number of nitrogens with zero attached hydrogens (tertiary/aromatic N) is 2. The SMILES string of the molecule is COCCNCC(=O)NCCc1cnn(-c2ccccc2)c1.Cl. The van der Waals surface area contributed by atoms with Crippen LogP contribution in [0.15, 0.2) is 42.7 Å². The molecule has 0 fully saturated rings. The number of halogens is 1. The predicted octanol–water partition coefficient (Wildman–Crippen LogP) is 1.19. The minimum Gasteiger partial charge on any atom is -0.383 e. The van der Waals surface area contributed by atoms with E-state index in [9.17, 15) is 4.79 Å². The maximum Gasteiger partial charge on any atom is 0.233 e. The number of para-hydroxylation sites is 1. The third-order valence-electron chi connectivity index (χ3n) is 3.16. The third-order valence-corrected chi connectivity index (χ3v) is 3.16. The molecule has 6 nitrogen and oxygen atoms in total. The molecule has 7 heteroatoms. The van der Waals surface area contributed by atoms with Crippen LogP contribution in [0, 0.1) is 0 Å². The van der Waals surface area contributed by atoms with Gasteiger partial charge in [-0.05, 0) is 24.1 Å². The van der Waals surface area contributed by atoms with Gasteiger partial charge >= 0.3 is 0 Å². The smallest absolute Gasteiger partial charge is 0.233 e. The minimum absolute atomic E-state index is 0. The van der Waals surface area contributed by atoms with E-state index < -0.39 is 0 Å². The highest BCUT2D eigenvalue weighted by molar-refractivity contribution is 5.85. The second-order valence-corrected chi connectivity index (χ2v) is 4.90. The quantitative estimate of drug-likeness (QED) is 0.674. The Balaban J connectivity index is 0.00000264. The molecule has 2 aromatic rings. The number of hydrogen-bond acceptors (Lipinski definition) is 4. The number of rotatable bonds is 9. The molecule has 1 amide bonds. The lowest BCUT2D eigenvalue weighted by atomic mass is 10.2. The van der Waals surface area contributed by atoms with Gasteiger partial charge in [0.05, 0.1) is 25.0 Å². The standard InChI is InChI=1S/C16H22N4O2.ClH/c1-22-10-9-17-12-16(21)18-8-7-14-11-19-20(13-14)15-5-3-2-4-6-15;/h2-6,11,13,17H,7-10,12H2,1H3,(H,18,21);1H. The molecule has 0 saturated carbocycles. The van der Waals surface area contributed by atoms with E-state index in [0.717, 1.165) is 17.7 Å². The van der Waals surface area contributed by atoms with E-state index in [1.807, 2.05) is 47.4 Å². The summed E-state index contributed by atoms with van der Waals surface area (Å²) >= 11 is 0. The summed E-state index contributed by atoms with van der Waals surface area (Å²) in [5, 5.41) is 10.2. The number of ether oxygens (including phenoxy) is 1. The van der Waals surface area contributed by atoms with Gasteiger partial charge < -0.3 is 15.4 Å². The van der Waals surface area contributed by atoms with Crippen LogP contribution in [0.25, 0.3) is 5.69 Å². The van der Waals surface area contributed by atoms with Crippen molar-refractivity contribution in [2.75, 3.05) is 33.4 Å². The van der Waals surface area contributed by atoms with Crippen LogP contribution in [-0.4, -0.2) is 49.0 Å². The number of amides is 1. The first-order valence-corrected chi connectivity index (χ1v) is 7.35. The molecule has 0 atom stereocenters. The van der Waals surface area contributed by atoms with Crippen LogP contribution in [0.2, 0.25) is 0 Å². The summed E-state index contributed by atoms with van der Waals surface area (Å²) in [5.41, 5.74) is 2.12. The monoisotopic (exact) mass is 338 g/mol. The Morgan fingerprint density at radius 1 is 1.26 bits per heavy atom.